The Bertz CT molecular complexity index is 1920. The topological polar surface area (TPSA) is 55.4 Å². The molecule has 3 aliphatic rings. The minimum absolute atomic E-state index is 0. The van der Waals surface area contributed by atoms with Gasteiger partial charge in [-0.1, -0.05) is 72.8 Å². The number of benzene rings is 4. The van der Waals surface area contributed by atoms with Crippen molar-refractivity contribution in [2.75, 3.05) is 104 Å². The predicted molar refractivity (Wildman–Crippen MR) is 274 cm³/mol. The van der Waals surface area contributed by atoms with E-state index in [1.165, 1.54) is 44.5 Å². The summed E-state index contributed by atoms with van der Waals surface area (Å²) < 4.78 is 158. The summed E-state index contributed by atoms with van der Waals surface area (Å²) in [5.41, 5.74) is 9.37. The molecule has 4 aromatic rings. The van der Waals surface area contributed by atoms with E-state index in [0.29, 0.717) is 52.1 Å². The van der Waals surface area contributed by atoms with Crippen LogP contribution in [0, 0.1) is 0 Å². The SMILES string of the molecule is ClCCl.F[P-](F)(F)(F)(F)F.F[P-](F)(F)(F)(F)F.[Ag+].[Ag+].c1cc2c3c(c1)Cc1cccc4c1OCCSCCOCCSCCOc1c(cccc1Cc1cccc(c1OCCSCCOCCSCCO3)C4)C2. The van der Waals surface area contributed by atoms with Gasteiger partial charge in [-0.25, -0.2) is 0 Å². The summed E-state index contributed by atoms with van der Waals surface area (Å²) in [6, 6.07) is 26.6. The minimum atomic E-state index is -10.7. The van der Waals surface area contributed by atoms with Gasteiger partial charge in [0.1, 0.15) is 23.0 Å². The largest absolute Gasteiger partial charge is 1.00 e. The standard InChI is InChI=1S/C44H52O6S4.CH2Cl2.2Ag.2F6P/c1-5-33-29-35-7-2-9-37-31-39-11-4-12-40-32-38-10-3-8-36(43(38)49-19-27-53-23-15-46-14-22-52-26-18-48-42(35)37)30-34(6-1)41(33)47-17-25-51-21-13-45-16-24-54-28-20-50-44(39)40;2-1-3;;;2*1-7(2,3,4,5)6/h1-12H,13-32H2;1H2;;;;/q;;2*+1;2*-1. The van der Waals surface area contributed by atoms with E-state index in [-0.39, 0.29) is 50.1 Å². The zero-order chi connectivity index (χ0) is 52.2. The van der Waals surface area contributed by atoms with Crippen LogP contribution in [0.15, 0.2) is 72.8 Å². The number of rotatable bonds is 0. The molecule has 6 nitrogen and oxygen atoms in total. The fraction of sp³-hybridized carbons (Fsp3) is 0.467. The minimum Gasteiger partial charge on any atom is -0.492 e. The third kappa shape index (κ3) is 32.2. The second-order valence-electron chi connectivity index (χ2n) is 15.4. The van der Waals surface area contributed by atoms with Crippen LogP contribution in [-0.2, 0) is 79.9 Å². The van der Waals surface area contributed by atoms with E-state index in [9.17, 15) is 50.4 Å². The first-order valence-corrected chi connectivity index (χ1v) is 31.5. The molecule has 424 valence electrons. The van der Waals surface area contributed by atoms with E-state index >= 15 is 0 Å². The van der Waals surface area contributed by atoms with Gasteiger partial charge in [-0.3, -0.25) is 0 Å². The molecule has 0 fully saturated rings. The van der Waals surface area contributed by atoms with E-state index in [1.807, 2.05) is 47.0 Å². The van der Waals surface area contributed by atoms with Gasteiger partial charge in [-0.15, -0.1) is 23.2 Å². The number of halogens is 14. The molecule has 0 atom stereocenters. The summed E-state index contributed by atoms with van der Waals surface area (Å²) in [5, 5.41) is 0.194. The van der Waals surface area contributed by atoms with Gasteiger partial charge in [0.05, 0.1) is 58.2 Å². The molecule has 0 unspecified atom stereocenters. The second kappa shape index (κ2) is 30.2. The fourth-order valence-corrected chi connectivity index (χ4v) is 9.69. The molecule has 0 spiro atoms. The first-order valence-electron chi connectivity index (χ1n) is 21.8. The van der Waals surface area contributed by atoms with Crippen molar-refractivity contribution < 1.29 is 124 Å². The van der Waals surface area contributed by atoms with Crippen molar-refractivity contribution in [2.45, 2.75) is 25.7 Å². The van der Waals surface area contributed by atoms with Crippen LogP contribution in [0.1, 0.15) is 44.5 Å². The van der Waals surface area contributed by atoms with Crippen molar-refractivity contribution >= 4 is 85.9 Å². The van der Waals surface area contributed by atoms with Gasteiger partial charge in [-0.2, -0.15) is 47.0 Å². The van der Waals surface area contributed by atoms with E-state index < -0.39 is 15.6 Å². The monoisotopic (exact) mass is 1390 g/mol. The fourth-order valence-electron chi connectivity index (χ4n) is 7.12. The van der Waals surface area contributed by atoms with Gasteiger partial charge in [0.2, 0.25) is 0 Å². The van der Waals surface area contributed by atoms with Crippen molar-refractivity contribution in [1.82, 2.24) is 0 Å². The quantitative estimate of drug-likeness (QED) is 0.0649. The molecule has 0 saturated heterocycles. The van der Waals surface area contributed by atoms with Gasteiger partial charge in [0.25, 0.3) is 0 Å². The van der Waals surface area contributed by atoms with Crippen LogP contribution in [0.2, 0.25) is 0 Å². The number of alkyl halides is 2. The Morgan fingerprint density at radius 3 is 0.644 bits per heavy atom. The molecule has 12 bridgehead atoms. The average molecular weight is 1400 g/mol. The third-order valence-corrected chi connectivity index (χ3v) is 13.3. The number of hydrogen-bond acceptors (Lipinski definition) is 10. The summed E-state index contributed by atoms with van der Waals surface area (Å²) in [6.07, 6.45) is 2.82. The summed E-state index contributed by atoms with van der Waals surface area (Å²) in [4.78, 5) is 0. The Labute approximate surface area is 475 Å². The molecule has 0 saturated carbocycles. The Hall–Kier alpha value is -0.519. The van der Waals surface area contributed by atoms with E-state index in [2.05, 4.69) is 72.8 Å². The first-order chi connectivity index (χ1) is 33.1. The summed E-state index contributed by atoms with van der Waals surface area (Å²) in [7, 11) is -21.3. The summed E-state index contributed by atoms with van der Waals surface area (Å²) >= 11 is 17.1. The van der Waals surface area contributed by atoms with Crippen LogP contribution < -0.4 is 18.9 Å². The molecule has 0 aromatic heterocycles. The van der Waals surface area contributed by atoms with Gasteiger partial charge < -0.3 is 28.4 Å². The van der Waals surface area contributed by atoms with E-state index in [1.54, 1.807) is 0 Å². The molecule has 73 heavy (non-hydrogen) atoms. The van der Waals surface area contributed by atoms with Gasteiger partial charge in [-0.05, 0) is 44.5 Å². The Morgan fingerprint density at radius 2 is 0.479 bits per heavy atom. The molecule has 1 aliphatic carbocycles. The molecule has 0 amide bonds. The number of para-hydroxylation sites is 4. The maximum Gasteiger partial charge on any atom is 1.00 e. The number of ether oxygens (including phenoxy) is 6. The van der Waals surface area contributed by atoms with Crippen molar-refractivity contribution in [3.8, 4) is 23.0 Å². The first kappa shape index (κ1) is 68.6. The van der Waals surface area contributed by atoms with Gasteiger partial charge in [0.15, 0.2) is 0 Å². The Morgan fingerprint density at radius 1 is 0.329 bits per heavy atom. The van der Waals surface area contributed by atoms with Crippen LogP contribution >= 0.6 is 85.9 Å². The second-order valence-corrected chi connectivity index (χ2v) is 25.0. The molecule has 28 heteroatoms. The maximum atomic E-state index is 9.87. The average Bonchev–Trinajstić information content (AvgIpc) is 3.24. The maximum absolute atomic E-state index is 10.7. The van der Waals surface area contributed by atoms with Crippen LogP contribution in [-0.4, -0.2) is 104 Å². The Balaban J connectivity index is 0.000000831. The van der Waals surface area contributed by atoms with Crippen LogP contribution in [0.5, 0.6) is 23.0 Å². The Kier molecular flexibility index (Phi) is 28.3. The predicted octanol–water partition coefficient (Wildman–Crippen LogP) is 17.1. The van der Waals surface area contributed by atoms with Crippen LogP contribution in [0.3, 0.4) is 0 Å². The normalized spacial score (nSPS) is 18.4. The number of thioether (sulfide) groups is 4. The summed E-state index contributed by atoms with van der Waals surface area (Å²) in [5.74, 6) is 11.3. The molecular formula is C45H54Ag2Cl2F12O6P2S4. The molecule has 2 aliphatic heterocycles. The smallest absolute Gasteiger partial charge is 0.492 e. The zero-order valence-corrected chi connectivity index (χ0v) is 48.2. The molecule has 4 aromatic carbocycles. The van der Waals surface area contributed by atoms with Crippen molar-refractivity contribution in [1.29, 1.82) is 0 Å². The van der Waals surface area contributed by atoms with E-state index in [4.69, 9.17) is 51.6 Å². The molecule has 0 N–H and O–H groups in total. The van der Waals surface area contributed by atoms with E-state index in [0.717, 1.165) is 95.4 Å². The van der Waals surface area contributed by atoms with Crippen molar-refractivity contribution in [3.05, 3.63) is 117 Å². The molecular weight excluding hydrogens is 1340 g/mol. The molecule has 2 heterocycles. The molecule has 0 radical (unpaired) electrons. The zero-order valence-electron chi connectivity index (χ0n) is 38.6. The molecule has 7 rings (SSSR count). The third-order valence-electron chi connectivity index (χ3n) is 9.62. The van der Waals surface area contributed by atoms with Crippen LogP contribution in [0.25, 0.3) is 0 Å². The van der Waals surface area contributed by atoms with Gasteiger partial charge in [0, 0.05) is 71.7 Å². The summed E-state index contributed by atoms with van der Waals surface area (Å²) in [6.45, 7) is 5.54. The van der Waals surface area contributed by atoms with Crippen molar-refractivity contribution in [2.24, 2.45) is 0 Å². The van der Waals surface area contributed by atoms with Crippen molar-refractivity contribution in [3.63, 3.8) is 0 Å². The van der Waals surface area contributed by atoms with Crippen LogP contribution in [0.4, 0.5) is 50.4 Å². The van der Waals surface area contributed by atoms with Gasteiger partial charge >= 0.3 is 111 Å². The number of hydrogen-bond donors (Lipinski definition) is 0.